The number of carbonyl (C=O) groups is 2. The fraction of sp³-hybridized carbons (Fsp3) is 0.533. The van der Waals surface area contributed by atoms with E-state index in [2.05, 4.69) is 38.2 Å². The van der Waals surface area contributed by atoms with E-state index in [0.29, 0.717) is 19.4 Å². The van der Waals surface area contributed by atoms with Gasteiger partial charge in [-0.2, -0.15) is 0 Å². The summed E-state index contributed by atoms with van der Waals surface area (Å²) in [6, 6.07) is 17.7. The third-order valence-electron chi connectivity index (χ3n) is 6.87. The average Bonchev–Trinajstić information content (AvgIpc) is 2.86. The van der Waals surface area contributed by atoms with Crippen LogP contribution in [0.5, 0.6) is 5.75 Å². The zero-order valence-electron chi connectivity index (χ0n) is 21.9. The molecule has 0 radical (unpaired) electrons. The Balaban J connectivity index is 1.74. The maximum atomic E-state index is 13.5. The number of hydrogen-bond acceptors (Lipinski definition) is 3. The minimum absolute atomic E-state index is 0.0455. The van der Waals surface area contributed by atoms with Crippen LogP contribution in [0.2, 0.25) is 0 Å². The summed E-state index contributed by atoms with van der Waals surface area (Å²) in [4.78, 5) is 28.6. The summed E-state index contributed by atoms with van der Waals surface area (Å²) in [5.74, 6) is 0.516. The van der Waals surface area contributed by atoms with Crippen LogP contribution in [0.3, 0.4) is 0 Å². The largest absolute Gasteiger partial charge is 0.483 e. The van der Waals surface area contributed by atoms with Crippen molar-refractivity contribution in [1.82, 2.24) is 10.2 Å². The number of nitrogens with zero attached hydrogens (tertiary/aromatic N) is 1. The number of nitrogens with one attached hydrogen (secondary N) is 1. The van der Waals surface area contributed by atoms with Crippen molar-refractivity contribution in [2.45, 2.75) is 90.1 Å². The number of carbonyl (C=O) groups excluding carboxylic acids is 2. The third kappa shape index (κ3) is 7.84. The molecule has 0 heterocycles. The van der Waals surface area contributed by atoms with Gasteiger partial charge in [0, 0.05) is 12.6 Å². The molecule has 1 atom stereocenters. The Labute approximate surface area is 211 Å². The molecule has 2 aromatic carbocycles. The molecule has 0 aromatic heterocycles. The molecule has 0 bridgehead atoms. The first-order valence-corrected chi connectivity index (χ1v) is 13.2. The highest BCUT2D eigenvalue weighted by Crippen LogP contribution is 2.31. The lowest BCUT2D eigenvalue weighted by molar-refractivity contribution is -0.142. The highest BCUT2D eigenvalue weighted by molar-refractivity contribution is 5.88. The van der Waals surface area contributed by atoms with Gasteiger partial charge in [0.25, 0.3) is 5.91 Å². The molecule has 5 heteroatoms. The van der Waals surface area contributed by atoms with Gasteiger partial charge in [-0.3, -0.25) is 9.59 Å². The molecule has 2 amide bonds. The van der Waals surface area contributed by atoms with Crippen LogP contribution >= 0.6 is 0 Å². The molecule has 190 valence electrons. The number of ether oxygens (including phenoxy) is 1. The number of amides is 2. The number of para-hydroxylation sites is 1. The molecule has 35 heavy (non-hydrogen) atoms. The fourth-order valence-electron chi connectivity index (χ4n) is 4.87. The SMILES string of the molecule is CCC(C(=O)NC1CCCCC1)N(CCc1ccccc1)C(=O)COc1ccccc1C(C)(C)C. The minimum atomic E-state index is -0.505. The van der Waals surface area contributed by atoms with E-state index in [-0.39, 0.29) is 29.9 Å². The zero-order valence-corrected chi connectivity index (χ0v) is 21.9. The Hall–Kier alpha value is -2.82. The normalized spacial score (nSPS) is 15.3. The molecule has 0 saturated heterocycles. The highest BCUT2D eigenvalue weighted by Gasteiger charge is 2.30. The van der Waals surface area contributed by atoms with E-state index in [1.807, 2.05) is 49.4 Å². The highest BCUT2D eigenvalue weighted by atomic mass is 16.5. The Morgan fingerprint density at radius 2 is 1.66 bits per heavy atom. The summed E-state index contributed by atoms with van der Waals surface area (Å²) in [6.45, 7) is 8.76. The van der Waals surface area contributed by atoms with E-state index < -0.39 is 6.04 Å². The van der Waals surface area contributed by atoms with E-state index in [4.69, 9.17) is 4.74 Å². The van der Waals surface area contributed by atoms with E-state index >= 15 is 0 Å². The van der Waals surface area contributed by atoms with E-state index in [1.54, 1.807) is 4.90 Å². The standard InChI is InChI=1S/C30H42N2O3/c1-5-26(29(34)31-24-16-10-7-11-17-24)32(21-20-23-14-8-6-9-15-23)28(33)22-35-27-19-13-12-18-25(27)30(2,3)4/h6,8-9,12-15,18-19,24,26H,5,7,10-11,16-17,20-22H2,1-4H3,(H,31,34). The molecule has 0 spiro atoms. The van der Waals surface area contributed by atoms with Crippen molar-refractivity contribution >= 4 is 11.8 Å². The summed E-state index contributed by atoms with van der Waals surface area (Å²) >= 11 is 0. The molecule has 0 aliphatic heterocycles. The van der Waals surface area contributed by atoms with Gasteiger partial charge in [-0.25, -0.2) is 0 Å². The molecule has 5 nitrogen and oxygen atoms in total. The van der Waals surface area contributed by atoms with Gasteiger partial charge < -0.3 is 15.0 Å². The maximum Gasteiger partial charge on any atom is 0.261 e. The lowest BCUT2D eigenvalue weighted by Gasteiger charge is -2.33. The van der Waals surface area contributed by atoms with Crippen molar-refractivity contribution in [2.75, 3.05) is 13.2 Å². The monoisotopic (exact) mass is 478 g/mol. The predicted molar refractivity (Wildman–Crippen MR) is 142 cm³/mol. The van der Waals surface area contributed by atoms with Crippen LogP contribution in [-0.4, -0.2) is 41.9 Å². The minimum Gasteiger partial charge on any atom is -0.483 e. The smallest absolute Gasteiger partial charge is 0.261 e. The Bertz CT molecular complexity index is 946. The van der Waals surface area contributed by atoms with Crippen LogP contribution in [0.25, 0.3) is 0 Å². The van der Waals surface area contributed by atoms with Gasteiger partial charge >= 0.3 is 0 Å². The van der Waals surface area contributed by atoms with E-state index in [9.17, 15) is 9.59 Å². The van der Waals surface area contributed by atoms with Crippen LogP contribution in [-0.2, 0) is 21.4 Å². The summed E-state index contributed by atoms with van der Waals surface area (Å²) in [6.07, 6.45) is 6.84. The average molecular weight is 479 g/mol. The number of hydrogen-bond donors (Lipinski definition) is 1. The van der Waals surface area contributed by atoms with Crippen LogP contribution in [0, 0.1) is 0 Å². The summed E-state index contributed by atoms with van der Waals surface area (Å²) in [5.41, 5.74) is 2.11. The maximum absolute atomic E-state index is 13.5. The Kier molecular flexibility index (Phi) is 9.76. The van der Waals surface area contributed by atoms with Gasteiger partial charge in [0.2, 0.25) is 5.91 Å². The van der Waals surface area contributed by atoms with Crippen LogP contribution in [0.1, 0.15) is 77.3 Å². The Morgan fingerprint density at radius 1 is 1.00 bits per heavy atom. The topological polar surface area (TPSA) is 58.6 Å². The quantitative estimate of drug-likeness (QED) is 0.479. The molecule has 1 fully saturated rings. The molecule has 3 rings (SSSR count). The lowest BCUT2D eigenvalue weighted by Crippen LogP contribution is -2.53. The summed E-state index contributed by atoms with van der Waals surface area (Å²) < 4.78 is 6.06. The molecule has 1 aliphatic carbocycles. The molecule has 1 N–H and O–H groups in total. The van der Waals surface area contributed by atoms with Crippen LogP contribution in [0.4, 0.5) is 0 Å². The molecular formula is C30H42N2O3. The molecule has 2 aromatic rings. The zero-order chi connectivity index (χ0) is 25.3. The molecule has 1 saturated carbocycles. The second kappa shape index (κ2) is 12.8. The number of rotatable bonds is 10. The van der Waals surface area contributed by atoms with Crippen molar-refractivity contribution in [2.24, 2.45) is 0 Å². The third-order valence-corrected chi connectivity index (χ3v) is 6.87. The molecule has 1 unspecified atom stereocenters. The van der Waals surface area contributed by atoms with Gasteiger partial charge in [0.15, 0.2) is 6.61 Å². The van der Waals surface area contributed by atoms with Gasteiger partial charge in [-0.1, -0.05) is 95.5 Å². The van der Waals surface area contributed by atoms with E-state index in [0.717, 1.165) is 42.6 Å². The fourth-order valence-corrected chi connectivity index (χ4v) is 4.87. The second-order valence-corrected chi connectivity index (χ2v) is 10.6. The van der Waals surface area contributed by atoms with Gasteiger partial charge in [-0.15, -0.1) is 0 Å². The first-order valence-electron chi connectivity index (χ1n) is 13.2. The second-order valence-electron chi connectivity index (χ2n) is 10.6. The number of benzene rings is 2. The Morgan fingerprint density at radius 3 is 2.31 bits per heavy atom. The molecule has 1 aliphatic rings. The van der Waals surface area contributed by atoms with Gasteiger partial charge in [0.05, 0.1) is 0 Å². The first kappa shape index (κ1) is 26.8. The lowest BCUT2D eigenvalue weighted by atomic mass is 9.86. The first-order chi connectivity index (χ1) is 16.8. The van der Waals surface area contributed by atoms with Crippen molar-refractivity contribution in [3.63, 3.8) is 0 Å². The van der Waals surface area contributed by atoms with Crippen molar-refractivity contribution in [3.05, 3.63) is 65.7 Å². The van der Waals surface area contributed by atoms with E-state index in [1.165, 1.54) is 6.42 Å². The summed E-state index contributed by atoms with van der Waals surface area (Å²) in [5, 5.41) is 3.23. The predicted octanol–water partition coefficient (Wildman–Crippen LogP) is 5.66. The molecular weight excluding hydrogens is 436 g/mol. The van der Waals surface area contributed by atoms with Crippen molar-refractivity contribution in [1.29, 1.82) is 0 Å². The van der Waals surface area contributed by atoms with Gasteiger partial charge in [-0.05, 0) is 48.3 Å². The van der Waals surface area contributed by atoms with Crippen molar-refractivity contribution < 1.29 is 14.3 Å². The van der Waals surface area contributed by atoms with Gasteiger partial charge in [0.1, 0.15) is 11.8 Å². The van der Waals surface area contributed by atoms with Crippen LogP contribution < -0.4 is 10.1 Å². The van der Waals surface area contributed by atoms with Crippen LogP contribution in [0.15, 0.2) is 54.6 Å². The summed E-state index contributed by atoms with van der Waals surface area (Å²) in [7, 11) is 0. The van der Waals surface area contributed by atoms with Crippen molar-refractivity contribution in [3.8, 4) is 5.75 Å².